The lowest BCUT2D eigenvalue weighted by Crippen LogP contribution is -2.30. The van der Waals surface area contributed by atoms with E-state index in [0.29, 0.717) is 5.92 Å². The Labute approximate surface area is 151 Å². The summed E-state index contributed by atoms with van der Waals surface area (Å²) < 4.78 is 5.84. The zero-order valence-corrected chi connectivity index (χ0v) is 16.3. The number of unbranched alkanes of at least 4 members (excludes halogenated alkanes) is 2. The van der Waals surface area contributed by atoms with E-state index in [2.05, 4.69) is 19.9 Å². The van der Waals surface area contributed by atoms with Crippen molar-refractivity contribution in [2.75, 3.05) is 20.0 Å². The maximum Gasteiger partial charge on any atom is 0.198 e. The quantitative estimate of drug-likeness (QED) is 0.433. The van der Waals surface area contributed by atoms with Crippen LogP contribution in [0.3, 0.4) is 0 Å². The first-order chi connectivity index (χ1) is 11.5. The number of ketones is 1. The van der Waals surface area contributed by atoms with E-state index < -0.39 is 5.60 Å². The molecule has 0 bridgehead atoms. The van der Waals surface area contributed by atoms with Crippen LogP contribution >= 0.6 is 11.8 Å². The second-order valence-corrected chi connectivity index (χ2v) is 7.25. The van der Waals surface area contributed by atoms with Crippen molar-refractivity contribution in [1.82, 2.24) is 0 Å². The van der Waals surface area contributed by atoms with Crippen molar-refractivity contribution in [3.05, 3.63) is 34.8 Å². The number of carbonyl (C=O) groups is 1. The van der Waals surface area contributed by atoms with Crippen LogP contribution in [0, 0.1) is 5.92 Å². The lowest BCUT2D eigenvalue weighted by molar-refractivity contribution is -0.112. The zero-order valence-electron chi connectivity index (χ0n) is 15.5. The molecular weight excluding hydrogens is 320 g/mol. The van der Waals surface area contributed by atoms with Crippen molar-refractivity contribution in [3.8, 4) is 0 Å². The van der Waals surface area contributed by atoms with Crippen LogP contribution in [-0.2, 0) is 9.53 Å². The maximum absolute atomic E-state index is 12.7. The molecule has 0 aromatic rings. The van der Waals surface area contributed by atoms with Crippen LogP contribution in [0.1, 0.15) is 52.4 Å². The fourth-order valence-electron chi connectivity index (χ4n) is 3.01. The number of carbonyl (C=O) groups excluding carboxylic acids is 1. The van der Waals surface area contributed by atoms with Gasteiger partial charge in [-0.1, -0.05) is 44.9 Å². The number of aliphatic hydroxyl groups is 1. The normalized spacial score (nSPS) is 24.1. The van der Waals surface area contributed by atoms with Crippen molar-refractivity contribution in [3.63, 3.8) is 0 Å². The highest BCUT2D eigenvalue weighted by Crippen LogP contribution is 2.41. The van der Waals surface area contributed by atoms with E-state index >= 15 is 0 Å². The first-order valence-corrected chi connectivity index (χ1v) is 10.1. The topological polar surface area (TPSA) is 46.5 Å². The Morgan fingerprint density at radius 1 is 1.38 bits per heavy atom. The molecule has 0 aromatic carbocycles. The highest BCUT2D eigenvalue weighted by molar-refractivity contribution is 8.03. The summed E-state index contributed by atoms with van der Waals surface area (Å²) in [5, 5.41) is 8.90. The van der Waals surface area contributed by atoms with Crippen molar-refractivity contribution >= 4 is 17.5 Å². The van der Waals surface area contributed by atoms with Gasteiger partial charge in [0.1, 0.15) is 5.60 Å². The molecule has 1 aliphatic rings. The molecule has 0 spiro atoms. The van der Waals surface area contributed by atoms with Gasteiger partial charge < -0.3 is 9.84 Å². The number of rotatable bonds is 11. The highest BCUT2D eigenvalue weighted by atomic mass is 32.2. The Morgan fingerprint density at radius 3 is 2.71 bits per heavy atom. The third-order valence-corrected chi connectivity index (χ3v) is 5.29. The van der Waals surface area contributed by atoms with Gasteiger partial charge in [0.25, 0.3) is 0 Å². The molecule has 1 N–H and O–H groups in total. The van der Waals surface area contributed by atoms with E-state index in [0.717, 1.165) is 49.0 Å². The van der Waals surface area contributed by atoms with Gasteiger partial charge >= 0.3 is 0 Å². The van der Waals surface area contributed by atoms with E-state index in [1.54, 1.807) is 7.11 Å². The fraction of sp³-hybridized carbons (Fsp3) is 0.650. The number of hydrogen-bond acceptors (Lipinski definition) is 4. The molecule has 2 atom stereocenters. The van der Waals surface area contributed by atoms with Crippen molar-refractivity contribution in [2.45, 2.75) is 58.0 Å². The number of ether oxygens (including phenoxy) is 1. The molecule has 0 aromatic heterocycles. The van der Waals surface area contributed by atoms with Crippen molar-refractivity contribution in [1.29, 1.82) is 0 Å². The summed E-state index contributed by atoms with van der Waals surface area (Å²) in [5.74, 6) is 0.476. The molecule has 0 fully saturated rings. The maximum atomic E-state index is 12.7. The molecule has 0 amide bonds. The van der Waals surface area contributed by atoms with Crippen LogP contribution in [0.4, 0.5) is 0 Å². The average Bonchev–Trinajstić information content (AvgIpc) is 2.86. The third kappa shape index (κ3) is 5.61. The summed E-state index contributed by atoms with van der Waals surface area (Å²) in [6, 6.07) is 0. The minimum absolute atomic E-state index is 0.0912. The smallest absolute Gasteiger partial charge is 0.198 e. The summed E-state index contributed by atoms with van der Waals surface area (Å²) >= 11 is 1.49. The lowest BCUT2D eigenvalue weighted by Gasteiger charge is -2.27. The van der Waals surface area contributed by atoms with E-state index in [1.807, 2.05) is 24.5 Å². The number of thioether (sulfide) groups is 1. The number of methoxy groups -OCH3 is 1. The van der Waals surface area contributed by atoms with Crippen LogP contribution in [-0.4, -0.2) is 36.5 Å². The van der Waals surface area contributed by atoms with Gasteiger partial charge in [0.15, 0.2) is 5.78 Å². The zero-order chi connectivity index (χ0) is 18.0. The number of allylic oxidation sites excluding steroid dienone is 4. The molecule has 3 nitrogen and oxygen atoms in total. The van der Waals surface area contributed by atoms with Gasteiger partial charge in [-0.3, -0.25) is 4.79 Å². The highest BCUT2D eigenvalue weighted by Gasteiger charge is 2.42. The van der Waals surface area contributed by atoms with Crippen LogP contribution in [0.5, 0.6) is 0 Å². The largest absolute Gasteiger partial charge is 0.396 e. The fourth-order valence-corrected chi connectivity index (χ4v) is 3.62. The Bertz CT molecular complexity index is 493. The summed E-state index contributed by atoms with van der Waals surface area (Å²) in [4.78, 5) is 13.5. The van der Waals surface area contributed by atoms with Crippen molar-refractivity contribution in [2.24, 2.45) is 5.92 Å². The molecule has 0 radical (unpaired) electrons. The Hall–Kier alpha value is -0.840. The van der Waals surface area contributed by atoms with Gasteiger partial charge in [0, 0.05) is 19.3 Å². The summed E-state index contributed by atoms with van der Waals surface area (Å²) in [6.45, 7) is 4.52. The summed E-state index contributed by atoms with van der Waals surface area (Å²) in [6.07, 6.45) is 15.9. The van der Waals surface area contributed by atoms with E-state index in [9.17, 15) is 4.79 Å². The lowest BCUT2D eigenvalue weighted by atomic mass is 9.89. The number of aliphatic hydroxyl groups excluding tert-OH is 1. The standard InChI is InChI=1S/C20H32O3S/c1-5-6-7-13-20(23-3)15-18(24-4)19(22)17(20)12-8-10-16(2)11-9-14-21/h8,10,12,15-16,21H,5-7,9,11,13-14H2,1-4H3/b10-8+,17-12+. The Morgan fingerprint density at radius 2 is 2.12 bits per heavy atom. The third-order valence-electron chi connectivity index (χ3n) is 4.54. The minimum Gasteiger partial charge on any atom is -0.396 e. The summed E-state index contributed by atoms with van der Waals surface area (Å²) in [5.41, 5.74) is 0.166. The second-order valence-electron chi connectivity index (χ2n) is 6.40. The van der Waals surface area contributed by atoms with Gasteiger partial charge in [-0.25, -0.2) is 0 Å². The molecular formula is C20H32O3S. The molecule has 0 heterocycles. The monoisotopic (exact) mass is 352 g/mol. The molecule has 0 aliphatic heterocycles. The molecule has 1 rings (SSSR count). The molecule has 0 saturated heterocycles. The minimum atomic E-state index is -0.580. The molecule has 0 saturated carbocycles. The van der Waals surface area contributed by atoms with Gasteiger partial charge in [0.05, 0.1) is 4.91 Å². The predicted molar refractivity (Wildman–Crippen MR) is 103 cm³/mol. The average molecular weight is 353 g/mol. The number of hydrogen-bond donors (Lipinski definition) is 1. The van der Waals surface area contributed by atoms with Gasteiger partial charge in [-0.15, -0.1) is 11.8 Å². The van der Waals surface area contributed by atoms with Gasteiger partial charge in [0.2, 0.25) is 0 Å². The molecule has 1 aliphatic carbocycles. The molecule has 24 heavy (non-hydrogen) atoms. The Kier molecular flexibility index (Phi) is 9.64. The van der Waals surface area contributed by atoms with Gasteiger partial charge in [-0.05, 0) is 43.9 Å². The number of Topliss-reactive ketones (excluding diaryl/α,β-unsaturated/α-hetero) is 1. The van der Waals surface area contributed by atoms with Gasteiger partial charge in [-0.2, -0.15) is 0 Å². The second kappa shape index (κ2) is 10.9. The first kappa shape index (κ1) is 21.2. The van der Waals surface area contributed by atoms with Crippen LogP contribution in [0.15, 0.2) is 34.8 Å². The van der Waals surface area contributed by atoms with Crippen LogP contribution in [0.25, 0.3) is 0 Å². The molecule has 2 unspecified atom stereocenters. The van der Waals surface area contributed by atoms with Crippen molar-refractivity contribution < 1.29 is 14.6 Å². The molecule has 136 valence electrons. The predicted octanol–water partition coefficient (Wildman–Crippen LogP) is 4.67. The van der Waals surface area contributed by atoms with E-state index in [-0.39, 0.29) is 12.4 Å². The van der Waals surface area contributed by atoms with E-state index in [1.165, 1.54) is 11.8 Å². The SMILES string of the molecule is CCCCCC1(OC)C=C(SC)C(=O)/C1=C\C=C\C(C)CCCO. The summed E-state index contributed by atoms with van der Waals surface area (Å²) in [7, 11) is 1.69. The van der Waals surface area contributed by atoms with Crippen LogP contribution < -0.4 is 0 Å². The van der Waals surface area contributed by atoms with E-state index in [4.69, 9.17) is 9.84 Å². The molecule has 4 heteroatoms. The van der Waals surface area contributed by atoms with Crippen LogP contribution in [0.2, 0.25) is 0 Å². The Balaban J connectivity index is 2.96. The first-order valence-electron chi connectivity index (χ1n) is 8.91.